The van der Waals surface area contributed by atoms with Crippen LogP contribution in [0.15, 0.2) is 48.2 Å². The number of rotatable bonds is 3. The Kier molecular flexibility index (Phi) is 5.20. The lowest BCUT2D eigenvalue weighted by atomic mass is 9.97. The highest BCUT2D eigenvalue weighted by atomic mass is 19.1. The van der Waals surface area contributed by atoms with Gasteiger partial charge in [0.1, 0.15) is 11.5 Å². The molecule has 156 valence electrons. The van der Waals surface area contributed by atoms with Gasteiger partial charge >= 0.3 is 0 Å². The average molecular weight is 408 g/mol. The molecule has 0 aromatic heterocycles. The molecule has 0 radical (unpaired) electrons. The molecule has 2 unspecified atom stereocenters. The van der Waals surface area contributed by atoms with Gasteiger partial charge in [0.25, 0.3) is 11.8 Å². The number of carbonyl (C=O) groups is 2. The molecule has 4 rings (SSSR count). The van der Waals surface area contributed by atoms with Gasteiger partial charge in [-0.1, -0.05) is 29.8 Å². The number of anilines is 1. The Bertz CT molecular complexity index is 1050. The Morgan fingerprint density at radius 2 is 1.67 bits per heavy atom. The molecule has 2 heterocycles. The van der Waals surface area contributed by atoms with Gasteiger partial charge in [-0.2, -0.15) is 0 Å². The lowest BCUT2D eigenvalue weighted by Gasteiger charge is -2.37. The summed E-state index contributed by atoms with van der Waals surface area (Å²) >= 11 is 0. The third-order valence-electron chi connectivity index (χ3n) is 5.51. The van der Waals surface area contributed by atoms with Crippen LogP contribution >= 0.6 is 0 Å². The Balaban J connectivity index is 1.88. The maximum Gasteiger partial charge on any atom is 0.282 e. The fourth-order valence-electron chi connectivity index (χ4n) is 4.36. The van der Waals surface area contributed by atoms with Crippen LogP contribution in [-0.4, -0.2) is 42.0 Å². The van der Waals surface area contributed by atoms with Gasteiger partial charge < -0.3 is 9.64 Å². The number of nitrogens with zero attached hydrogens (tertiary/aromatic N) is 2. The molecule has 0 saturated carbocycles. The molecule has 0 aliphatic carbocycles. The molecule has 0 N–H and O–H groups in total. The first-order valence-electron chi connectivity index (χ1n) is 10.1. The quantitative estimate of drug-likeness (QED) is 0.725. The van der Waals surface area contributed by atoms with Crippen molar-refractivity contribution in [3.05, 3.63) is 70.7 Å². The molecule has 2 aromatic carbocycles. The van der Waals surface area contributed by atoms with E-state index in [2.05, 4.69) is 0 Å². The van der Waals surface area contributed by atoms with Crippen molar-refractivity contribution in [1.82, 2.24) is 4.90 Å². The molecule has 1 saturated heterocycles. The summed E-state index contributed by atoms with van der Waals surface area (Å²) in [5, 5.41) is 0. The summed E-state index contributed by atoms with van der Waals surface area (Å²) in [6, 6.07) is 11.4. The van der Waals surface area contributed by atoms with Crippen LogP contribution in [-0.2, 0) is 14.3 Å². The summed E-state index contributed by atoms with van der Waals surface area (Å²) < 4.78 is 19.7. The van der Waals surface area contributed by atoms with Crippen molar-refractivity contribution in [2.75, 3.05) is 18.0 Å². The number of benzene rings is 2. The minimum absolute atomic E-state index is 0.0762. The molecule has 0 bridgehead atoms. The van der Waals surface area contributed by atoms with Gasteiger partial charge in [-0.05, 0) is 57.0 Å². The summed E-state index contributed by atoms with van der Waals surface area (Å²) in [6.07, 6.45) is -0.152. The first kappa shape index (κ1) is 20.3. The second kappa shape index (κ2) is 7.69. The van der Waals surface area contributed by atoms with E-state index in [-0.39, 0.29) is 17.9 Å². The zero-order chi connectivity index (χ0) is 21.6. The topological polar surface area (TPSA) is 49.9 Å². The van der Waals surface area contributed by atoms with E-state index in [0.717, 1.165) is 21.6 Å². The fourth-order valence-corrected chi connectivity index (χ4v) is 4.36. The largest absolute Gasteiger partial charge is 0.372 e. The van der Waals surface area contributed by atoms with Gasteiger partial charge in [-0.3, -0.25) is 9.59 Å². The van der Waals surface area contributed by atoms with Crippen molar-refractivity contribution >= 4 is 23.1 Å². The van der Waals surface area contributed by atoms with Crippen LogP contribution < -0.4 is 4.90 Å². The highest BCUT2D eigenvalue weighted by Crippen LogP contribution is 2.37. The molecule has 30 heavy (non-hydrogen) atoms. The SMILES string of the molecule is Cc1ccc(C2=C(N3CC(C)OC(C)C3)C(=O)N(c3cccc(F)c3)C2=O)c(C)c1. The molecule has 0 spiro atoms. The van der Waals surface area contributed by atoms with E-state index in [4.69, 9.17) is 4.74 Å². The molecular weight excluding hydrogens is 383 g/mol. The number of ether oxygens (including phenoxy) is 1. The van der Waals surface area contributed by atoms with Gasteiger partial charge in [0.2, 0.25) is 0 Å². The van der Waals surface area contributed by atoms with Gasteiger partial charge in [0.05, 0.1) is 23.5 Å². The molecule has 2 amide bonds. The molecule has 2 aromatic rings. The number of amides is 2. The average Bonchev–Trinajstić information content (AvgIpc) is 2.91. The van der Waals surface area contributed by atoms with Crippen molar-refractivity contribution < 1.29 is 18.7 Å². The van der Waals surface area contributed by atoms with Crippen LogP contribution in [0.3, 0.4) is 0 Å². The van der Waals surface area contributed by atoms with Crippen molar-refractivity contribution in [2.24, 2.45) is 0 Å². The maximum absolute atomic E-state index is 13.9. The Labute approximate surface area is 175 Å². The minimum atomic E-state index is -0.497. The number of hydrogen-bond acceptors (Lipinski definition) is 4. The number of aryl methyl sites for hydroxylation is 2. The number of hydrogen-bond donors (Lipinski definition) is 0. The van der Waals surface area contributed by atoms with E-state index in [9.17, 15) is 14.0 Å². The summed E-state index contributed by atoms with van der Waals surface area (Å²) in [5.74, 6) is -1.36. The summed E-state index contributed by atoms with van der Waals surface area (Å²) in [4.78, 5) is 30.1. The number of morpholine rings is 1. The number of imide groups is 1. The van der Waals surface area contributed by atoms with Crippen molar-refractivity contribution in [2.45, 2.75) is 39.9 Å². The lowest BCUT2D eigenvalue weighted by molar-refractivity contribution is -0.121. The van der Waals surface area contributed by atoms with Crippen LogP contribution in [0.4, 0.5) is 10.1 Å². The van der Waals surface area contributed by atoms with Crippen molar-refractivity contribution in [3.63, 3.8) is 0 Å². The van der Waals surface area contributed by atoms with Crippen LogP contribution in [0.2, 0.25) is 0 Å². The third kappa shape index (κ3) is 3.52. The van der Waals surface area contributed by atoms with E-state index >= 15 is 0 Å². The zero-order valence-electron chi connectivity index (χ0n) is 17.6. The van der Waals surface area contributed by atoms with Crippen molar-refractivity contribution in [1.29, 1.82) is 0 Å². The van der Waals surface area contributed by atoms with E-state index in [1.165, 1.54) is 18.2 Å². The normalized spacial score (nSPS) is 22.3. The monoisotopic (exact) mass is 408 g/mol. The van der Waals surface area contributed by atoms with E-state index in [1.807, 2.05) is 50.8 Å². The lowest BCUT2D eigenvalue weighted by Crippen LogP contribution is -2.47. The van der Waals surface area contributed by atoms with Gasteiger partial charge in [0, 0.05) is 13.1 Å². The first-order valence-corrected chi connectivity index (χ1v) is 10.1. The van der Waals surface area contributed by atoms with Crippen LogP contribution in [0.1, 0.15) is 30.5 Å². The smallest absolute Gasteiger partial charge is 0.282 e. The van der Waals surface area contributed by atoms with Crippen LogP contribution in [0.25, 0.3) is 5.57 Å². The summed E-state index contributed by atoms with van der Waals surface area (Å²) in [5.41, 5.74) is 3.67. The maximum atomic E-state index is 13.9. The van der Waals surface area contributed by atoms with E-state index in [1.54, 1.807) is 6.07 Å². The van der Waals surface area contributed by atoms with Gasteiger partial charge in [-0.25, -0.2) is 9.29 Å². The predicted molar refractivity (Wildman–Crippen MR) is 113 cm³/mol. The molecule has 2 aliphatic heterocycles. The predicted octanol–water partition coefficient (Wildman–Crippen LogP) is 3.84. The van der Waals surface area contributed by atoms with Crippen molar-refractivity contribution in [3.8, 4) is 0 Å². The first-order chi connectivity index (χ1) is 14.3. The standard InChI is InChI=1S/C24H25FN2O3/c1-14-8-9-20(15(2)10-14)21-22(26-12-16(3)30-17(4)13-26)24(29)27(23(21)28)19-7-5-6-18(25)11-19/h5-11,16-17H,12-13H2,1-4H3. The molecule has 5 nitrogen and oxygen atoms in total. The highest BCUT2D eigenvalue weighted by molar-refractivity contribution is 6.45. The summed E-state index contributed by atoms with van der Waals surface area (Å²) in [6.45, 7) is 8.82. The van der Waals surface area contributed by atoms with E-state index < -0.39 is 17.6 Å². The van der Waals surface area contributed by atoms with Crippen LogP contribution in [0.5, 0.6) is 0 Å². The van der Waals surface area contributed by atoms with E-state index in [0.29, 0.717) is 24.4 Å². The second-order valence-electron chi connectivity index (χ2n) is 8.13. The Hall–Kier alpha value is -2.99. The highest BCUT2D eigenvalue weighted by Gasteiger charge is 2.44. The number of carbonyl (C=O) groups excluding carboxylic acids is 2. The molecule has 2 aliphatic rings. The molecule has 6 heteroatoms. The molecular formula is C24H25FN2O3. The fraction of sp³-hybridized carbons (Fsp3) is 0.333. The van der Waals surface area contributed by atoms with Gasteiger partial charge in [-0.15, -0.1) is 0 Å². The summed E-state index contributed by atoms with van der Waals surface area (Å²) in [7, 11) is 0. The Morgan fingerprint density at radius 3 is 2.30 bits per heavy atom. The molecule has 1 fully saturated rings. The zero-order valence-corrected chi connectivity index (χ0v) is 17.6. The second-order valence-corrected chi connectivity index (χ2v) is 8.13. The minimum Gasteiger partial charge on any atom is -0.372 e. The number of halogens is 1. The molecule has 2 atom stereocenters. The van der Waals surface area contributed by atoms with Gasteiger partial charge in [0.15, 0.2) is 0 Å². The van der Waals surface area contributed by atoms with Crippen LogP contribution in [0, 0.1) is 19.7 Å². The third-order valence-corrected chi connectivity index (χ3v) is 5.51. The Morgan fingerprint density at radius 1 is 0.967 bits per heavy atom.